The second kappa shape index (κ2) is 2.77. The maximum absolute atomic E-state index is 11.3. The quantitative estimate of drug-likeness (QED) is 0.534. The van der Waals surface area contributed by atoms with E-state index in [9.17, 15) is 9.59 Å². The standard InChI is InChI=1S/C8H13N2O2/c1-6(11)10-5-4-9-7(12)8(10,2)3/h1,4-5H2,2-3H3,(H,9,12). The first-order valence-electron chi connectivity index (χ1n) is 3.88. The van der Waals surface area contributed by atoms with Crippen molar-refractivity contribution in [2.75, 3.05) is 13.1 Å². The van der Waals surface area contributed by atoms with Gasteiger partial charge in [0, 0.05) is 20.0 Å². The van der Waals surface area contributed by atoms with E-state index in [-0.39, 0.29) is 11.8 Å². The molecule has 1 N–H and O–H groups in total. The van der Waals surface area contributed by atoms with E-state index in [1.165, 1.54) is 4.90 Å². The number of rotatable bonds is 0. The summed E-state index contributed by atoms with van der Waals surface area (Å²) in [6, 6.07) is 0. The number of hydrogen-bond donors (Lipinski definition) is 1. The summed E-state index contributed by atoms with van der Waals surface area (Å²) in [5.41, 5.74) is -0.753. The first-order valence-corrected chi connectivity index (χ1v) is 3.88. The van der Waals surface area contributed by atoms with E-state index in [0.29, 0.717) is 13.1 Å². The summed E-state index contributed by atoms with van der Waals surface area (Å²) in [7, 11) is 0. The molecule has 1 aliphatic rings. The Bertz CT molecular complexity index is 223. The van der Waals surface area contributed by atoms with Crippen molar-refractivity contribution in [2.24, 2.45) is 0 Å². The number of carbonyl (C=O) groups excluding carboxylic acids is 2. The van der Waals surface area contributed by atoms with Crippen LogP contribution in [-0.4, -0.2) is 35.3 Å². The fraction of sp³-hybridized carbons (Fsp3) is 0.625. The molecule has 1 radical (unpaired) electrons. The molecule has 12 heavy (non-hydrogen) atoms. The Labute approximate surface area is 71.9 Å². The molecule has 0 aromatic rings. The van der Waals surface area contributed by atoms with Gasteiger partial charge >= 0.3 is 0 Å². The van der Waals surface area contributed by atoms with Crippen LogP contribution in [0.2, 0.25) is 0 Å². The molecular formula is C8H13N2O2. The molecule has 1 rings (SSSR count). The Balaban J connectivity index is 2.86. The van der Waals surface area contributed by atoms with E-state index in [2.05, 4.69) is 12.2 Å². The van der Waals surface area contributed by atoms with Gasteiger partial charge in [0.25, 0.3) is 0 Å². The Morgan fingerprint density at radius 3 is 2.67 bits per heavy atom. The lowest BCUT2D eigenvalue weighted by Crippen LogP contribution is -2.63. The number of nitrogens with zero attached hydrogens (tertiary/aromatic N) is 1. The number of carbonyl (C=O) groups is 2. The first-order chi connectivity index (χ1) is 5.46. The van der Waals surface area contributed by atoms with Crippen LogP contribution >= 0.6 is 0 Å². The SMILES string of the molecule is [CH2]C(=O)N1CCNC(=O)C1(C)C. The van der Waals surface area contributed by atoms with E-state index < -0.39 is 5.54 Å². The van der Waals surface area contributed by atoms with Gasteiger partial charge in [0.1, 0.15) is 5.54 Å². The molecule has 4 heteroatoms. The largest absolute Gasteiger partial charge is 0.352 e. The molecule has 1 saturated heterocycles. The van der Waals surface area contributed by atoms with Crippen LogP contribution in [0.3, 0.4) is 0 Å². The zero-order valence-electron chi connectivity index (χ0n) is 7.39. The fourth-order valence-electron chi connectivity index (χ4n) is 1.34. The van der Waals surface area contributed by atoms with E-state index in [0.717, 1.165) is 0 Å². The van der Waals surface area contributed by atoms with Gasteiger partial charge in [0.2, 0.25) is 11.8 Å². The summed E-state index contributed by atoms with van der Waals surface area (Å²) in [6.07, 6.45) is 0. The molecule has 0 bridgehead atoms. The molecule has 1 fully saturated rings. The first kappa shape index (κ1) is 9.03. The van der Waals surface area contributed by atoms with Gasteiger partial charge in [-0.15, -0.1) is 0 Å². The summed E-state index contributed by atoms with van der Waals surface area (Å²) < 4.78 is 0. The fourth-order valence-corrected chi connectivity index (χ4v) is 1.34. The van der Waals surface area contributed by atoms with Crippen LogP contribution in [0, 0.1) is 6.92 Å². The molecule has 4 nitrogen and oxygen atoms in total. The summed E-state index contributed by atoms with van der Waals surface area (Å²) in [6.45, 7) is 7.79. The average molecular weight is 169 g/mol. The molecule has 67 valence electrons. The molecule has 0 spiro atoms. The van der Waals surface area contributed by atoms with Crippen LogP contribution in [0.5, 0.6) is 0 Å². The van der Waals surface area contributed by atoms with Gasteiger partial charge in [-0.05, 0) is 13.8 Å². The van der Waals surface area contributed by atoms with Crippen molar-refractivity contribution in [3.05, 3.63) is 6.92 Å². The molecule has 0 unspecified atom stereocenters. The van der Waals surface area contributed by atoms with E-state index in [4.69, 9.17) is 0 Å². The third kappa shape index (κ3) is 1.29. The number of nitrogens with one attached hydrogen (secondary N) is 1. The highest BCUT2D eigenvalue weighted by Crippen LogP contribution is 2.16. The average Bonchev–Trinajstić information content (AvgIpc) is 1.94. The van der Waals surface area contributed by atoms with Gasteiger partial charge in [-0.25, -0.2) is 0 Å². The number of amides is 2. The van der Waals surface area contributed by atoms with Gasteiger partial charge in [-0.3, -0.25) is 9.59 Å². The van der Waals surface area contributed by atoms with Crippen molar-refractivity contribution in [3.8, 4) is 0 Å². The van der Waals surface area contributed by atoms with Crippen molar-refractivity contribution in [3.63, 3.8) is 0 Å². The van der Waals surface area contributed by atoms with Crippen LogP contribution in [0.4, 0.5) is 0 Å². The van der Waals surface area contributed by atoms with Gasteiger partial charge in [-0.1, -0.05) is 0 Å². The minimum absolute atomic E-state index is 0.120. The van der Waals surface area contributed by atoms with E-state index in [1.807, 2.05) is 0 Å². The predicted octanol–water partition coefficient (Wildman–Crippen LogP) is -0.443. The zero-order valence-corrected chi connectivity index (χ0v) is 7.39. The minimum Gasteiger partial charge on any atom is -0.352 e. The van der Waals surface area contributed by atoms with Crippen molar-refractivity contribution in [2.45, 2.75) is 19.4 Å². The van der Waals surface area contributed by atoms with Crippen LogP contribution in [0.25, 0.3) is 0 Å². The lowest BCUT2D eigenvalue weighted by molar-refractivity contribution is -0.146. The maximum Gasteiger partial charge on any atom is 0.245 e. The van der Waals surface area contributed by atoms with Gasteiger partial charge in [0.15, 0.2) is 0 Å². The molecular weight excluding hydrogens is 156 g/mol. The lowest BCUT2D eigenvalue weighted by atomic mass is 9.99. The molecule has 0 aromatic heterocycles. The van der Waals surface area contributed by atoms with Crippen LogP contribution in [0.1, 0.15) is 13.8 Å². The molecule has 0 atom stereocenters. The minimum atomic E-state index is -0.753. The molecule has 0 aliphatic carbocycles. The molecule has 2 amide bonds. The van der Waals surface area contributed by atoms with Crippen LogP contribution in [0.15, 0.2) is 0 Å². The highest BCUT2D eigenvalue weighted by atomic mass is 16.2. The zero-order chi connectivity index (χ0) is 9.35. The Morgan fingerprint density at radius 1 is 1.67 bits per heavy atom. The van der Waals surface area contributed by atoms with Crippen LogP contribution in [-0.2, 0) is 9.59 Å². The summed E-state index contributed by atoms with van der Waals surface area (Å²) in [5, 5.41) is 2.70. The van der Waals surface area contributed by atoms with Crippen molar-refractivity contribution in [1.29, 1.82) is 0 Å². The summed E-state index contributed by atoms with van der Waals surface area (Å²) >= 11 is 0. The molecule has 0 saturated carbocycles. The highest BCUT2D eigenvalue weighted by Gasteiger charge is 2.38. The van der Waals surface area contributed by atoms with E-state index in [1.54, 1.807) is 13.8 Å². The normalized spacial score (nSPS) is 21.9. The molecule has 1 aliphatic heterocycles. The molecule has 1 heterocycles. The highest BCUT2D eigenvalue weighted by molar-refractivity contribution is 5.93. The van der Waals surface area contributed by atoms with Gasteiger partial charge in [-0.2, -0.15) is 0 Å². The predicted molar refractivity (Wildman–Crippen MR) is 44.2 cm³/mol. The van der Waals surface area contributed by atoms with E-state index >= 15 is 0 Å². The lowest BCUT2D eigenvalue weighted by Gasteiger charge is -2.40. The monoisotopic (exact) mass is 169 g/mol. The van der Waals surface area contributed by atoms with Crippen molar-refractivity contribution in [1.82, 2.24) is 10.2 Å². The second-order valence-electron chi connectivity index (χ2n) is 3.36. The molecule has 0 aromatic carbocycles. The third-order valence-electron chi connectivity index (χ3n) is 2.15. The summed E-state index contributed by atoms with van der Waals surface area (Å²) in [5.74, 6) is -0.416. The Morgan fingerprint density at radius 2 is 2.25 bits per heavy atom. The van der Waals surface area contributed by atoms with Crippen LogP contribution < -0.4 is 5.32 Å². The number of hydrogen-bond acceptors (Lipinski definition) is 2. The maximum atomic E-state index is 11.3. The topological polar surface area (TPSA) is 49.4 Å². The summed E-state index contributed by atoms with van der Waals surface area (Å²) in [4.78, 5) is 23.8. The second-order valence-corrected chi connectivity index (χ2v) is 3.36. The smallest absolute Gasteiger partial charge is 0.245 e. The van der Waals surface area contributed by atoms with Crippen molar-refractivity contribution >= 4 is 11.8 Å². The van der Waals surface area contributed by atoms with Gasteiger partial charge in [0.05, 0.1) is 0 Å². The third-order valence-corrected chi connectivity index (χ3v) is 2.15. The Hall–Kier alpha value is -1.06. The number of piperazine rings is 1. The van der Waals surface area contributed by atoms with Crippen molar-refractivity contribution < 1.29 is 9.59 Å². The van der Waals surface area contributed by atoms with Gasteiger partial charge < -0.3 is 10.2 Å². The Kier molecular flexibility index (Phi) is 2.08.